The van der Waals surface area contributed by atoms with Crippen molar-refractivity contribution >= 4 is 0 Å². The average molecular weight is 576 g/mol. The minimum absolute atomic E-state index is 0.277. The van der Waals surface area contributed by atoms with Crippen LogP contribution in [0.25, 0.3) is 0 Å². The molecular weight excluding hydrogens is 536 g/mol. The molecule has 3 aromatic rings. The summed E-state index contributed by atoms with van der Waals surface area (Å²) in [5, 5.41) is 10.4. The van der Waals surface area contributed by atoms with E-state index in [4.69, 9.17) is 39.7 Å². The zero-order valence-electron chi connectivity index (χ0n) is 24.2. The SMILES string of the molecule is [CH+]=C(O)C1OC(C)(C)O[C@H]1[C@H]1O[C@H](OC)[C@H](OCc2ccccc2)[C@@H](OCc2ccccc2)[C@@H]1OCc1ccccc1. The summed E-state index contributed by atoms with van der Waals surface area (Å²) in [7, 11) is 1.56. The first-order valence-corrected chi connectivity index (χ1v) is 14.2. The number of hydrogen-bond donors (Lipinski definition) is 1. The Kier molecular flexibility index (Phi) is 10.0. The molecule has 3 aromatic carbocycles. The lowest BCUT2D eigenvalue weighted by Gasteiger charge is -2.47. The smallest absolute Gasteiger partial charge is 0.367 e. The quantitative estimate of drug-likeness (QED) is 0.224. The lowest BCUT2D eigenvalue weighted by molar-refractivity contribution is -0.332. The summed E-state index contributed by atoms with van der Waals surface area (Å²) < 4.78 is 44.4. The van der Waals surface area contributed by atoms with Crippen molar-refractivity contribution in [3.05, 3.63) is 120 Å². The van der Waals surface area contributed by atoms with E-state index in [9.17, 15) is 5.11 Å². The predicted octanol–water partition coefficient (Wildman–Crippen LogP) is 5.51. The second-order valence-electron chi connectivity index (χ2n) is 10.9. The minimum Gasteiger partial charge on any atom is -0.470 e. The van der Waals surface area contributed by atoms with Crippen LogP contribution < -0.4 is 0 Å². The third kappa shape index (κ3) is 7.42. The van der Waals surface area contributed by atoms with Gasteiger partial charge in [0.05, 0.1) is 19.8 Å². The topological polar surface area (TPSA) is 84.8 Å². The van der Waals surface area contributed by atoms with Crippen molar-refractivity contribution < 1.29 is 38.3 Å². The van der Waals surface area contributed by atoms with Gasteiger partial charge in [0.15, 0.2) is 18.2 Å². The Morgan fingerprint density at radius 3 is 1.60 bits per heavy atom. The number of benzene rings is 3. The first-order valence-electron chi connectivity index (χ1n) is 14.2. The number of rotatable bonds is 12. The van der Waals surface area contributed by atoms with Crippen LogP contribution in [0.3, 0.4) is 0 Å². The Bertz CT molecular complexity index is 1250. The summed E-state index contributed by atoms with van der Waals surface area (Å²) in [6.45, 7) is 10.3. The molecule has 5 rings (SSSR count). The van der Waals surface area contributed by atoms with Gasteiger partial charge in [0, 0.05) is 7.11 Å². The Hall–Kier alpha value is -3.17. The van der Waals surface area contributed by atoms with Crippen LogP contribution in [0, 0.1) is 6.58 Å². The van der Waals surface area contributed by atoms with Crippen LogP contribution in [0.2, 0.25) is 0 Å². The van der Waals surface area contributed by atoms with Crippen molar-refractivity contribution in [2.75, 3.05) is 7.11 Å². The van der Waals surface area contributed by atoms with Gasteiger partial charge < -0.3 is 38.3 Å². The van der Waals surface area contributed by atoms with Gasteiger partial charge in [-0.3, -0.25) is 0 Å². The van der Waals surface area contributed by atoms with Gasteiger partial charge in [-0.05, 0) is 30.5 Å². The van der Waals surface area contributed by atoms with Gasteiger partial charge >= 0.3 is 5.76 Å². The monoisotopic (exact) mass is 575 g/mol. The largest absolute Gasteiger partial charge is 0.470 e. The molecule has 0 spiro atoms. The molecule has 0 aromatic heterocycles. The number of aliphatic hydroxyl groups excluding tert-OH is 1. The summed E-state index contributed by atoms with van der Waals surface area (Å²) in [6.07, 6.45) is -5.46. The van der Waals surface area contributed by atoms with E-state index in [1.807, 2.05) is 91.0 Å². The van der Waals surface area contributed by atoms with E-state index in [-0.39, 0.29) is 6.61 Å². The molecular formula is C34H39O8+. The third-order valence-electron chi connectivity index (χ3n) is 7.36. The predicted molar refractivity (Wildman–Crippen MR) is 155 cm³/mol. The molecule has 2 saturated heterocycles. The lowest BCUT2D eigenvalue weighted by Crippen LogP contribution is -2.64. The Morgan fingerprint density at radius 1 is 0.690 bits per heavy atom. The van der Waals surface area contributed by atoms with Crippen molar-refractivity contribution in [2.24, 2.45) is 0 Å². The molecule has 222 valence electrons. The van der Waals surface area contributed by atoms with Gasteiger partial charge in [-0.15, -0.1) is 0 Å². The fourth-order valence-corrected chi connectivity index (χ4v) is 5.40. The normalized spacial score (nSPS) is 28.9. The highest BCUT2D eigenvalue weighted by atomic mass is 16.8. The molecule has 8 nitrogen and oxygen atoms in total. The van der Waals surface area contributed by atoms with E-state index in [2.05, 4.69) is 0 Å². The van der Waals surface area contributed by atoms with Crippen LogP contribution in [0.5, 0.6) is 0 Å². The van der Waals surface area contributed by atoms with Crippen molar-refractivity contribution in [3.63, 3.8) is 0 Å². The molecule has 8 heteroatoms. The number of ether oxygens (including phenoxy) is 7. The molecule has 0 radical (unpaired) electrons. The summed E-state index contributed by atoms with van der Waals surface area (Å²) in [6, 6.07) is 29.6. The fraction of sp³-hybridized carbons (Fsp3) is 0.412. The highest BCUT2D eigenvalue weighted by Crippen LogP contribution is 2.40. The molecule has 2 aliphatic rings. The van der Waals surface area contributed by atoms with E-state index in [1.54, 1.807) is 21.0 Å². The highest BCUT2D eigenvalue weighted by Gasteiger charge is 2.58. The van der Waals surface area contributed by atoms with Gasteiger partial charge in [-0.2, -0.15) is 0 Å². The maximum absolute atomic E-state index is 10.4. The van der Waals surface area contributed by atoms with Crippen molar-refractivity contribution in [1.29, 1.82) is 0 Å². The van der Waals surface area contributed by atoms with Crippen LogP contribution in [-0.4, -0.2) is 60.9 Å². The van der Waals surface area contributed by atoms with E-state index >= 15 is 0 Å². The van der Waals surface area contributed by atoms with E-state index in [1.165, 1.54) is 0 Å². The van der Waals surface area contributed by atoms with Gasteiger partial charge in [0.2, 0.25) is 0 Å². The van der Waals surface area contributed by atoms with Crippen LogP contribution >= 0.6 is 0 Å². The molecule has 42 heavy (non-hydrogen) atoms. The Labute approximate surface area is 247 Å². The first-order chi connectivity index (χ1) is 20.3. The minimum atomic E-state index is -1.03. The van der Waals surface area contributed by atoms with E-state index in [0.29, 0.717) is 13.2 Å². The summed E-state index contributed by atoms with van der Waals surface area (Å²) in [4.78, 5) is 0. The van der Waals surface area contributed by atoms with Crippen molar-refractivity contribution in [2.45, 2.75) is 82.4 Å². The number of methoxy groups -OCH3 is 1. The molecule has 2 heterocycles. The molecule has 0 bridgehead atoms. The molecule has 1 N–H and O–H groups in total. The molecule has 0 aliphatic carbocycles. The first kappa shape index (κ1) is 30.3. The maximum atomic E-state index is 10.4. The zero-order valence-corrected chi connectivity index (χ0v) is 24.2. The molecule has 0 amide bonds. The van der Waals surface area contributed by atoms with Crippen LogP contribution in [0.4, 0.5) is 0 Å². The zero-order chi connectivity index (χ0) is 29.5. The van der Waals surface area contributed by atoms with Crippen molar-refractivity contribution in [3.8, 4) is 0 Å². The van der Waals surface area contributed by atoms with Gasteiger partial charge in [0.1, 0.15) is 30.5 Å². The third-order valence-corrected chi connectivity index (χ3v) is 7.36. The van der Waals surface area contributed by atoms with Crippen LogP contribution in [0.1, 0.15) is 30.5 Å². The van der Waals surface area contributed by atoms with Gasteiger partial charge in [-0.25, -0.2) is 0 Å². The summed E-state index contributed by atoms with van der Waals surface area (Å²) >= 11 is 0. The molecule has 2 fully saturated rings. The molecule has 2 aliphatic heterocycles. The number of hydrogen-bond acceptors (Lipinski definition) is 8. The fourth-order valence-electron chi connectivity index (χ4n) is 5.40. The molecule has 1 unspecified atom stereocenters. The van der Waals surface area contributed by atoms with Crippen molar-refractivity contribution in [1.82, 2.24) is 0 Å². The molecule has 0 saturated carbocycles. The highest BCUT2D eigenvalue weighted by molar-refractivity contribution is 5.16. The Balaban J connectivity index is 1.50. The van der Waals surface area contributed by atoms with E-state index < -0.39 is 54.5 Å². The standard InChI is InChI=1S/C34H38O8/c1-23(35)27-31(42-34(2,3)41-27)30-28(37-20-24-14-8-5-9-15-24)29(38-21-25-16-10-6-11-17-25)32(33(36-4)40-30)39-22-26-18-12-7-13-19-26/h1,5-19,27-33H,20-22H2,2-4H3/p+1/t27?,28-,29-,30-,31+,32+,33-/m0/s1. The van der Waals surface area contributed by atoms with Crippen LogP contribution in [-0.2, 0) is 53.0 Å². The summed E-state index contributed by atoms with van der Waals surface area (Å²) in [5.74, 6) is -1.44. The second kappa shape index (κ2) is 13.9. The maximum Gasteiger partial charge on any atom is 0.367 e. The number of aliphatic hydroxyl groups is 1. The van der Waals surface area contributed by atoms with Gasteiger partial charge in [0.25, 0.3) is 6.58 Å². The van der Waals surface area contributed by atoms with Crippen LogP contribution in [0.15, 0.2) is 96.8 Å². The summed E-state index contributed by atoms with van der Waals surface area (Å²) in [5.41, 5.74) is 2.96. The van der Waals surface area contributed by atoms with E-state index in [0.717, 1.165) is 16.7 Å². The van der Waals surface area contributed by atoms with Gasteiger partial charge in [-0.1, -0.05) is 91.0 Å². The second-order valence-corrected chi connectivity index (χ2v) is 10.9. The Morgan fingerprint density at radius 2 is 1.14 bits per heavy atom. The lowest BCUT2D eigenvalue weighted by atomic mass is 9.91. The average Bonchev–Trinajstić information content (AvgIpc) is 3.34. The molecule has 7 atom stereocenters.